The van der Waals surface area contributed by atoms with Crippen LogP contribution in [0.4, 0.5) is 0 Å². The lowest BCUT2D eigenvalue weighted by Gasteiger charge is -2.06. The van der Waals surface area contributed by atoms with Crippen molar-refractivity contribution in [2.75, 3.05) is 0 Å². The van der Waals surface area contributed by atoms with Gasteiger partial charge < -0.3 is 0 Å². The summed E-state index contributed by atoms with van der Waals surface area (Å²) in [4.78, 5) is 0. The van der Waals surface area contributed by atoms with Gasteiger partial charge in [0.05, 0.1) is 0 Å². The molecular weight excluding hydrogens is 168 g/mol. The molecule has 12 heavy (non-hydrogen) atoms. The highest BCUT2D eigenvalue weighted by molar-refractivity contribution is 6.20. The summed E-state index contributed by atoms with van der Waals surface area (Å²) in [6.45, 7) is 7.35. The molecule has 0 aliphatic heterocycles. The third kappa shape index (κ3) is 7.87. The van der Waals surface area contributed by atoms with Crippen LogP contribution in [0.2, 0.25) is 0 Å². The quantitative estimate of drug-likeness (QED) is 0.301. The van der Waals surface area contributed by atoms with Crippen LogP contribution in [0.1, 0.15) is 38.5 Å². The summed E-state index contributed by atoms with van der Waals surface area (Å²) in [5.74, 6) is 0. The molecule has 0 aliphatic rings. The summed E-state index contributed by atoms with van der Waals surface area (Å²) in [5, 5.41) is 0.352. The number of allylic oxidation sites excluding steroid dienone is 2. The van der Waals surface area contributed by atoms with Gasteiger partial charge in [0.25, 0.3) is 0 Å². The van der Waals surface area contributed by atoms with Crippen LogP contribution in [0.5, 0.6) is 0 Å². The molecule has 0 aliphatic carbocycles. The predicted octanol–water partition coefficient (Wildman–Crippen LogP) is 4.31. The molecule has 0 atom stereocenters. The Kier molecular flexibility index (Phi) is 8.69. The Hall–Kier alpha value is -0.230. The first-order chi connectivity index (χ1) is 5.81. The van der Waals surface area contributed by atoms with Crippen molar-refractivity contribution in [3.63, 3.8) is 0 Å². The monoisotopic (exact) mass is 186 g/mol. The van der Waals surface area contributed by atoms with Gasteiger partial charge in [0.1, 0.15) is 0 Å². The van der Waals surface area contributed by atoms with Crippen LogP contribution < -0.4 is 0 Å². The Labute approximate surface area is 81.3 Å². The van der Waals surface area contributed by atoms with E-state index in [2.05, 4.69) is 13.2 Å². The molecule has 0 saturated carbocycles. The van der Waals surface area contributed by atoms with Crippen LogP contribution in [0.25, 0.3) is 0 Å². The van der Waals surface area contributed by atoms with Crippen LogP contribution in [0, 0.1) is 0 Å². The predicted molar refractivity (Wildman–Crippen MR) is 57.7 cm³/mol. The van der Waals surface area contributed by atoms with Crippen LogP contribution >= 0.6 is 11.6 Å². The molecule has 0 bridgehead atoms. The summed E-state index contributed by atoms with van der Waals surface area (Å²) >= 11 is 6.08. The summed E-state index contributed by atoms with van der Waals surface area (Å²) in [5.41, 5.74) is 0. The molecule has 0 N–H and O–H groups in total. The first-order valence-corrected chi connectivity index (χ1v) is 5.10. The van der Waals surface area contributed by atoms with E-state index >= 15 is 0 Å². The Bertz CT molecular complexity index is 104. The zero-order valence-electron chi connectivity index (χ0n) is 7.77. The second-order valence-electron chi connectivity index (χ2n) is 3.04. The van der Waals surface area contributed by atoms with Crippen molar-refractivity contribution in [2.45, 2.75) is 43.9 Å². The second-order valence-corrected chi connectivity index (χ2v) is 3.65. The Balaban J connectivity index is 3.14. The molecule has 0 heterocycles. The van der Waals surface area contributed by atoms with Crippen LogP contribution in [-0.2, 0) is 0 Å². The maximum absolute atomic E-state index is 6.08. The van der Waals surface area contributed by atoms with E-state index in [0.717, 1.165) is 25.7 Å². The molecule has 1 heteroatoms. The fourth-order valence-corrected chi connectivity index (χ4v) is 1.42. The van der Waals surface area contributed by atoms with Crippen molar-refractivity contribution < 1.29 is 0 Å². The minimum atomic E-state index is 0.352. The Morgan fingerprint density at radius 2 is 1.42 bits per heavy atom. The normalized spacial score (nSPS) is 10.2. The van der Waals surface area contributed by atoms with E-state index in [1.54, 1.807) is 0 Å². The number of hydrogen-bond acceptors (Lipinski definition) is 0. The molecule has 0 aromatic rings. The summed E-state index contributed by atoms with van der Waals surface area (Å²) in [6, 6.07) is 0. The molecule has 0 nitrogen and oxygen atoms in total. The molecule has 0 rings (SSSR count). The minimum absolute atomic E-state index is 0.352. The molecule has 0 spiro atoms. The molecule has 0 amide bonds. The first kappa shape index (κ1) is 11.8. The largest absolute Gasteiger partial charge is 0.123 e. The van der Waals surface area contributed by atoms with Gasteiger partial charge in [0.2, 0.25) is 0 Å². The highest BCUT2D eigenvalue weighted by Gasteiger charge is 2.01. The number of hydrogen-bond donors (Lipinski definition) is 0. The van der Waals surface area contributed by atoms with Gasteiger partial charge in [0.15, 0.2) is 0 Å². The van der Waals surface area contributed by atoms with E-state index in [4.69, 9.17) is 11.6 Å². The third-order valence-electron chi connectivity index (χ3n) is 1.85. The lowest BCUT2D eigenvalue weighted by Crippen LogP contribution is -1.97. The van der Waals surface area contributed by atoms with Crippen molar-refractivity contribution in [1.82, 2.24) is 0 Å². The summed E-state index contributed by atoms with van der Waals surface area (Å²) < 4.78 is 0. The molecule has 0 unspecified atom stereocenters. The van der Waals surface area contributed by atoms with E-state index in [1.165, 1.54) is 12.8 Å². The molecule has 0 radical (unpaired) electrons. The summed E-state index contributed by atoms with van der Waals surface area (Å²) in [6.07, 6.45) is 10.7. The van der Waals surface area contributed by atoms with E-state index < -0.39 is 0 Å². The highest BCUT2D eigenvalue weighted by Crippen LogP contribution is 2.14. The van der Waals surface area contributed by atoms with E-state index in [1.807, 2.05) is 12.2 Å². The standard InChI is InChI=1S/C11H19Cl/c1-3-5-7-9-11(12)10-8-6-4-2/h3-4,11H,1-2,5-10H2. The molecule has 0 aromatic heterocycles. The van der Waals surface area contributed by atoms with Crippen molar-refractivity contribution in [2.24, 2.45) is 0 Å². The van der Waals surface area contributed by atoms with E-state index in [9.17, 15) is 0 Å². The average molecular weight is 187 g/mol. The van der Waals surface area contributed by atoms with Gasteiger partial charge in [-0.05, 0) is 38.5 Å². The topological polar surface area (TPSA) is 0 Å². The average Bonchev–Trinajstić information content (AvgIpc) is 2.06. The van der Waals surface area contributed by atoms with Crippen molar-refractivity contribution in [3.05, 3.63) is 25.3 Å². The van der Waals surface area contributed by atoms with Crippen molar-refractivity contribution in [1.29, 1.82) is 0 Å². The molecule has 0 saturated heterocycles. The Morgan fingerprint density at radius 3 is 1.75 bits per heavy atom. The van der Waals surface area contributed by atoms with Gasteiger partial charge in [-0.25, -0.2) is 0 Å². The minimum Gasteiger partial charge on any atom is -0.123 e. The van der Waals surface area contributed by atoms with Gasteiger partial charge in [-0.2, -0.15) is 0 Å². The fourth-order valence-electron chi connectivity index (χ4n) is 1.11. The number of unbranched alkanes of at least 4 members (excludes halogenated alkanes) is 2. The van der Waals surface area contributed by atoms with Crippen LogP contribution in [0.3, 0.4) is 0 Å². The summed E-state index contributed by atoms with van der Waals surface area (Å²) in [7, 11) is 0. The smallest absolute Gasteiger partial charge is 0.0336 e. The SMILES string of the molecule is C=CCCCC(Cl)CCCC=C. The fraction of sp³-hybridized carbons (Fsp3) is 0.636. The number of alkyl halides is 1. The van der Waals surface area contributed by atoms with E-state index in [0.29, 0.717) is 5.38 Å². The maximum atomic E-state index is 6.08. The van der Waals surface area contributed by atoms with Crippen LogP contribution in [0.15, 0.2) is 25.3 Å². The van der Waals surface area contributed by atoms with Crippen LogP contribution in [-0.4, -0.2) is 5.38 Å². The number of halogens is 1. The third-order valence-corrected chi connectivity index (χ3v) is 2.29. The van der Waals surface area contributed by atoms with Gasteiger partial charge >= 0.3 is 0 Å². The zero-order valence-corrected chi connectivity index (χ0v) is 8.52. The second kappa shape index (κ2) is 8.86. The first-order valence-electron chi connectivity index (χ1n) is 4.67. The molecule has 0 aromatic carbocycles. The van der Waals surface area contributed by atoms with Gasteiger partial charge in [-0.3, -0.25) is 0 Å². The lowest BCUT2D eigenvalue weighted by molar-refractivity contribution is 0.630. The van der Waals surface area contributed by atoms with Gasteiger partial charge in [0, 0.05) is 5.38 Å². The Morgan fingerprint density at radius 1 is 1.00 bits per heavy atom. The molecule has 70 valence electrons. The molecular formula is C11H19Cl. The van der Waals surface area contributed by atoms with Gasteiger partial charge in [-0.15, -0.1) is 24.8 Å². The highest BCUT2D eigenvalue weighted by atomic mass is 35.5. The maximum Gasteiger partial charge on any atom is 0.0336 e. The van der Waals surface area contributed by atoms with Crippen molar-refractivity contribution in [3.8, 4) is 0 Å². The van der Waals surface area contributed by atoms with E-state index in [-0.39, 0.29) is 0 Å². The van der Waals surface area contributed by atoms with Crippen molar-refractivity contribution >= 4 is 11.6 Å². The lowest BCUT2D eigenvalue weighted by atomic mass is 10.1. The number of rotatable bonds is 8. The molecule has 0 fully saturated rings. The van der Waals surface area contributed by atoms with Gasteiger partial charge in [-0.1, -0.05) is 12.2 Å². The zero-order chi connectivity index (χ0) is 9.23.